The fourth-order valence-corrected chi connectivity index (χ4v) is 3.85. The Morgan fingerprint density at radius 2 is 1.54 bits per heavy atom. The summed E-state index contributed by atoms with van der Waals surface area (Å²) in [6.45, 7) is 1.12. The normalized spacial score (nSPS) is 20.8. The molecule has 3 rings (SSSR count). The molecule has 1 saturated carbocycles. The Morgan fingerprint density at radius 1 is 0.833 bits per heavy atom. The van der Waals surface area contributed by atoms with Gasteiger partial charge < -0.3 is 10.4 Å². The molecule has 1 fully saturated rings. The Bertz CT molecular complexity index is 602. The minimum atomic E-state index is 0.467. The second-order valence-corrected chi connectivity index (χ2v) is 7.00. The second-order valence-electron chi connectivity index (χ2n) is 7.00. The first-order valence-electron chi connectivity index (χ1n) is 9.38. The first-order chi connectivity index (χ1) is 11.8. The third kappa shape index (κ3) is 4.85. The first kappa shape index (κ1) is 17.0. The Hall–Kier alpha value is -1.80. The van der Waals surface area contributed by atoms with E-state index in [1.54, 1.807) is 0 Å². The molecule has 2 aromatic rings. The molecule has 24 heavy (non-hydrogen) atoms. The predicted molar refractivity (Wildman–Crippen MR) is 100 cm³/mol. The number of nitrogens with one attached hydrogen (secondary N) is 1. The van der Waals surface area contributed by atoms with Gasteiger partial charge in [0.1, 0.15) is 5.75 Å². The zero-order valence-corrected chi connectivity index (χ0v) is 14.5. The number of phenolic OH excluding ortho intramolecular Hbond substituents is 1. The Balaban J connectivity index is 1.32. The number of rotatable bonds is 7. The van der Waals surface area contributed by atoms with Crippen LogP contribution in [-0.2, 0) is 6.42 Å². The molecule has 0 heterocycles. The SMILES string of the molecule is Oc1ccccc1C1CCC(NCCCCc2ccccc2)CC1. The number of phenols is 1. The molecule has 2 heteroatoms. The van der Waals surface area contributed by atoms with Gasteiger partial charge in [0.15, 0.2) is 0 Å². The van der Waals surface area contributed by atoms with Gasteiger partial charge in [-0.15, -0.1) is 0 Å². The summed E-state index contributed by atoms with van der Waals surface area (Å²) in [5, 5.41) is 13.7. The zero-order valence-electron chi connectivity index (χ0n) is 14.5. The molecule has 0 aromatic heterocycles. The van der Waals surface area contributed by atoms with Gasteiger partial charge in [-0.3, -0.25) is 0 Å². The molecule has 2 aromatic carbocycles. The highest BCUT2D eigenvalue weighted by Gasteiger charge is 2.23. The summed E-state index contributed by atoms with van der Waals surface area (Å²) in [5.74, 6) is 0.997. The van der Waals surface area contributed by atoms with Crippen LogP contribution in [0, 0.1) is 0 Å². The van der Waals surface area contributed by atoms with Gasteiger partial charge in [-0.25, -0.2) is 0 Å². The molecule has 2 nitrogen and oxygen atoms in total. The van der Waals surface area contributed by atoms with Crippen molar-refractivity contribution in [3.05, 3.63) is 65.7 Å². The summed E-state index contributed by atoms with van der Waals surface area (Å²) in [7, 11) is 0. The van der Waals surface area contributed by atoms with E-state index in [2.05, 4.69) is 41.7 Å². The Morgan fingerprint density at radius 3 is 2.29 bits per heavy atom. The molecule has 0 spiro atoms. The van der Waals surface area contributed by atoms with Gasteiger partial charge in [0.05, 0.1) is 0 Å². The number of aryl methyl sites for hydroxylation is 1. The fourth-order valence-electron chi connectivity index (χ4n) is 3.85. The lowest BCUT2D eigenvalue weighted by Crippen LogP contribution is -2.33. The monoisotopic (exact) mass is 323 g/mol. The maximum Gasteiger partial charge on any atom is 0.119 e. The Labute approximate surface area is 145 Å². The molecule has 0 saturated heterocycles. The van der Waals surface area contributed by atoms with E-state index in [-0.39, 0.29) is 0 Å². The minimum absolute atomic E-state index is 0.467. The summed E-state index contributed by atoms with van der Waals surface area (Å²) in [5.41, 5.74) is 2.58. The molecular weight excluding hydrogens is 294 g/mol. The van der Waals surface area contributed by atoms with Crippen LogP contribution in [0.25, 0.3) is 0 Å². The first-order valence-corrected chi connectivity index (χ1v) is 9.38. The van der Waals surface area contributed by atoms with Crippen LogP contribution in [0.1, 0.15) is 55.6 Å². The van der Waals surface area contributed by atoms with Gasteiger partial charge in [0.2, 0.25) is 0 Å². The standard InChI is InChI=1S/C22H29NO/c24-22-12-5-4-11-21(22)19-13-15-20(16-14-19)23-17-7-6-10-18-8-2-1-3-9-18/h1-5,8-9,11-12,19-20,23-24H,6-7,10,13-17H2. The van der Waals surface area contributed by atoms with Gasteiger partial charge in [-0.1, -0.05) is 48.5 Å². The molecule has 0 radical (unpaired) electrons. The lowest BCUT2D eigenvalue weighted by molar-refractivity contribution is 0.335. The fraction of sp³-hybridized carbons (Fsp3) is 0.455. The van der Waals surface area contributed by atoms with Crippen LogP contribution in [0.5, 0.6) is 5.75 Å². The number of para-hydroxylation sites is 1. The maximum atomic E-state index is 10.0. The summed E-state index contributed by atoms with van der Waals surface area (Å²) >= 11 is 0. The van der Waals surface area contributed by atoms with Gasteiger partial charge in [0, 0.05) is 6.04 Å². The van der Waals surface area contributed by atoms with Gasteiger partial charge in [0.25, 0.3) is 0 Å². The lowest BCUT2D eigenvalue weighted by atomic mass is 9.81. The van der Waals surface area contributed by atoms with E-state index in [1.165, 1.54) is 50.5 Å². The van der Waals surface area contributed by atoms with Crippen molar-refractivity contribution >= 4 is 0 Å². The maximum absolute atomic E-state index is 10.0. The average molecular weight is 323 g/mol. The van der Waals surface area contributed by atoms with Crippen molar-refractivity contribution in [2.24, 2.45) is 0 Å². The van der Waals surface area contributed by atoms with Crippen molar-refractivity contribution in [2.45, 2.75) is 56.9 Å². The third-order valence-corrected chi connectivity index (χ3v) is 5.27. The number of hydrogen-bond donors (Lipinski definition) is 2. The summed E-state index contributed by atoms with van der Waals surface area (Å²) in [4.78, 5) is 0. The van der Waals surface area contributed by atoms with Crippen molar-refractivity contribution < 1.29 is 5.11 Å². The topological polar surface area (TPSA) is 32.3 Å². The smallest absolute Gasteiger partial charge is 0.119 e. The van der Waals surface area contributed by atoms with E-state index in [0.29, 0.717) is 17.7 Å². The third-order valence-electron chi connectivity index (χ3n) is 5.27. The van der Waals surface area contributed by atoms with Crippen LogP contribution in [0.3, 0.4) is 0 Å². The largest absolute Gasteiger partial charge is 0.508 e. The highest BCUT2D eigenvalue weighted by atomic mass is 16.3. The molecule has 0 atom stereocenters. The Kier molecular flexibility index (Phi) is 6.31. The van der Waals surface area contributed by atoms with Gasteiger partial charge in [-0.2, -0.15) is 0 Å². The van der Waals surface area contributed by atoms with E-state index < -0.39 is 0 Å². The van der Waals surface area contributed by atoms with E-state index in [9.17, 15) is 5.11 Å². The van der Waals surface area contributed by atoms with Crippen molar-refractivity contribution in [1.29, 1.82) is 0 Å². The number of unbranched alkanes of at least 4 members (excludes halogenated alkanes) is 1. The molecule has 0 unspecified atom stereocenters. The van der Waals surface area contributed by atoms with Crippen LogP contribution < -0.4 is 5.32 Å². The lowest BCUT2D eigenvalue weighted by Gasteiger charge is -2.29. The van der Waals surface area contributed by atoms with E-state index in [4.69, 9.17) is 0 Å². The highest BCUT2D eigenvalue weighted by molar-refractivity contribution is 5.35. The van der Waals surface area contributed by atoms with Crippen molar-refractivity contribution in [1.82, 2.24) is 5.32 Å². The van der Waals surface area contributed by atoms with E-state index in [1.807, 2.05) is 18.2 Å². The average Bonchev–Trinajstić information content (AvgIpc) is 2.63. The molecule has 128 valence electrons. The van der Waals surface area contributed by atoms with Crippen LogP contribution in [0.4, 0.5) is 0 Å². The van der Waals surface area contributed by atoms with Crippen LogP contribution in [0.2, 0.25) is 0 Å². The van der Waals surface area contributed by atoms with Gasteiger partial charge >= 0.3 is 0 Å². The number of aromatic hydroxyl groups is 1. The quantitative estimate of drug-likeness (QED) is 0.700. The minimum Gasteiger partial charge on any atom is -0.508 e. The van der Waals surface area contributed by atoms with Crippen molar-refractivity contribution in [2.75, 3.05) is 6.54 Å². The molecule has 1 aliphatic rings. The molecule has 2 N–H and O–H groups in total. The van der Waals surface area contributed by atoms with E-state index in [0.717, 1.165) is 12.1 Å². The zero-order chi connectivity index (χ0) is 16.6. The summed E-state index contributed by atoms with van der Waals surface area (Å²) in [6, 6.07) is 19.2. The molecular formula is C22H29NO. The molecule has 1 aliphatic carbocycles. The number of benzene rings is 2. The number of hydrogen-bond acceptors (Lipinski definition) is 2. The van der Waals surface area contributed by atoms with Crippen molar-refractivity contribution in [3.8, 4) is 5.75 Å². The summed E-state index contributed by atoms with van der Waals surface area (Å²) < 4.78 is 0. The van der Waals surface area contributed by atoms with Crippen molar-refractivity contribution in [3.63, 3.8) is 0 Å². The van der Waals surface area contributed by atoms with E-state index >= 15 is 0 Å². The molecule has 0 amide bonds. The van der Waals surface area contributed by atoms with Crippen LogP contribution in [-0.4, -0.2) is 17.7 Å². The molecule has 0 aliphatic heterocycles. The summed E-state index contributed by atoms with van der Waals surface area (Å²) in [6.07, 6.45) is 8.48. The van der Waals surface area contributed by atoms with Crippen LogP contribution >= 0.6 is 0 Å². The molecule has 0 bridgehead atoms. The van der Waals surface area contributed by atoms with Gasteiger partial charge in [-0.05, 0) is 74.6 Å². The second kappa shape index (κ2) is 8.89. The predicted octanol–water partition coefficient (Wildman–Crippen LogP) is 5.03. The highest BCUT2D eigenvalue weighted by Crippen LogP contribution is 2.36. The van der Waals surface area contributed by atoms with Crippen LogP contribution in [0.15, 0.2) is 54.6 Å².